The zero-order valence-electron chi connectivity index (χ0n) is 15.6. The van der Waals surface area contributed by atoms with Crippen LogP contribution in [0.4, 0.5) is 0 Å². The van der Waals surface area contributed by atoms with E-state index in [-0.39, 0.29) is 6.54 Å². The Morgan fingerprint density at radius 1 is 1.15 bits per heavy atom. The van der Waals surface area contributed by atoms with Crippen LogP contribution in [-0.2, 0) is 16.1 Å². The summed E-state index contributed by atoms with van der Waals surface area (Å²) in [5, 5.41) is 0. The minimum atomic E-state index is -0.399. The molecule has 2 aromatic carbocycles. The quantitative estimate of drug-likeness (QED) is 0.648. The normalized spacial score (nSPS) is 11.6. The van der Waals surface area contributed by atoms with Gasteiger partial charge in [0.15, 0.2) is 4.80 Å². The molecule has 0 aliphatic heterocycles. The fourth-order valence-electron chi connectivity index (χ4n) is 2.85. The number of ether oxygens (including phenoxy) is 2. The highest BCUT2D eigenvalue weighted by molar-refractivity contribution is 7.16. The maximum Gasteiger partial charge on any atom is 0.325 e. The van der Waals surface area contributed by atoms with Gasteiger partial charge in [-0.25, -0.2) is 0 Å². The molecule has 0 saturated carbocycles. The molecule has 0 bridgehead atoms. The van der Waals surface area contributed by atoms with Gasteiger partial charge in [0.1, 0.15) is 12.3 Å². The fraction of sp³-hybridized carbons (Fsp3) is 0.250. The van der Waals surface area contributed by atoms with Crippen LogP contribution < -0.4 is 9.54 Å². The number of amides is 1. The Hall–Kier alpha value is -2.93. The Morgan fingerprint density at radius 3 is 2.63 bits per heavy atom. The molecule has 0 aliphatic carbocycles. The Morgan fingerprint density at radius 2 is 1.93 bits per heavy atom. The number of carbonyl (C=O) groups is 2. The van der Waals surface area contributed by atoms with Gasteiger partial charge in [-0.3, -0.25) is 9.59 Å². The second-order valence-electron chi connectivity index (χ2n) is 6.13. The largest absolute Gasteiger partial charge is 0.497 e. The van der Waals surface area contributed by atoms with Crippen LogP contribution in [0.1, 0.15) is 21.5 Å². The number of nitrogens with zero attached hydrogens (tertiary/aromatic N) is 2. The van der Waals surface area contributed by atoms with E-state index in [1.165, 1.54) is 18.4 Å². The van der Waals surface area contributed by atoms with Crippen LogP contribution in [-0.4, -0.2) is 30.7 Å². The lowest BCUT2D eigenvalue weighted by Gasteiger charge is -2.05. The number of fused-ring (bicyclic) bond motifs is 1. The molecular weight excluding hydrogens is 364 g/mol. The summed E-state index contributed by atoms with van der Waals surface area (Å²) in [6.45, 7) is 3.98. The van der Waals surface area contributed by atoms with Gasteiger partial charge in [0.2, 0.25) is 0 Å². The van der Waals surface area contributed by atoms with Crippen LogP contribution in [0.2, 0.25) is 0 Å². The van der Waals surface area contributed by atoms with Crippen molar-refractivity contribution in [3.05, 3.63) is 57.9 Å². The summed E-state index contributed by atoms with van der Waals surface area (Å²) in [5.74, 6) is -0.209. The van der Waals surface area contributed by atoms with Gasteiger partial charge in [-0.05, 0) is 49.2 Å². The van der Waals surface area contributed by atoms with Crippen LogP contribution in [0.15, 0.2) is 41.4 Å². The van der Waals surface area contributed by atoms with E-state index in [2.05, 4.69) is 11.1 Å². The molecule has 0 aliphatic rings. The van der Waals surface area contributed by atoms with Crippen LogP contribution in [0, 0.1) is 13.8 Å². The lowest BCUT2D eigenvalue weighted by Crippen LogP contribution is -2.22. The number of benzene rings is 2. The SMILES string of the molecule is COC(=O)Cn1c(=NC(=O)c2cccc(OC)c2)sc2c(C)cc(C)cc21. The summed E-state index contributed by atoms with van der Waals surface area (Å²) in [5.41, 5.74) is 3.43. The molecule has 1 heterocycles. The van der Waals surface area contributed by atoms with Crippen molar-refractivity contribution in [2.45, 2.75) is 20.4 Å². The van der Waals surface area contributed by atoms with Crippen molar-refractivity contribution in [2.24, 2.45) is 4.99 Å². The summed E-state index contributed by atoms with van der Waals surface area (Å²) in [4.78, 5) is 29.3. The first kappa shape index (κ1) is 18.8. The predicted molar refractivity (Wildman–Crippen MR) is 104 cm³/mol. The van der Waals surface area contributed by atoms with Gasteiger partial charge in [-0.2, -0.15) is 4.99 Å². The summed E-state index contributed by atoms with van der Waals surface area (Å²) in [7, 11) is 2.88. The monoisotopic (exact) mass is 384 g/mol. The van der Waals surface area contributed by atoms with Gasteiger partial charge in [0.25, 0.3) is 5.91 Å². The Bertz CT molecular complexity index is 1100. The summed E-state index contributed by atoms with van der Waals surface area (Å²) in [6.07, 6.45) is 0. The van der Waals surface area contributed by atoms with Crippen LogP contribution in [0.3, 0.4) is 0 Å². The summed E-state index contributed by atoms with van der Waals surface area (Å²) in [6, 6.07) is 10.9. The molecule has 0 spiro atoms. The third-order valence-electron chi connectivity index (χ3n) is 4.14. The number of rotatable bonds is 4. The minimum Gasteiger partial charge on any atom is -0.497 e. The van der Waals surface area contributed by atoms with E-state index < -0.39 is 11.9 Å². The first-order valence-electron chi connectivity index (χ1n) is 8.33. The van der Waals surface area contributed by atoms with E-state index in [4.69, 9.17) is 9.47 Å². The highest BCUT2D eigenvalue weighted by atomic mass is 32.1. The van der Waals surface area contributed by atoms with E-state index >= 15 is 0 Å². The molecular formula is C20H20N2O4S. The van der Waals surface area contributed by atoms with Gasteiger partial charge in [-0.15, -0.1) is 0 Å². The molecule has 27 heavy (non-hydrogen) atoms. The van der Waals surface area contributed by atoms with Crippen molar-refractivity contribution >= 4 is 33.4 Å². The van der Waals surface area contributed by atoms with Crippen LogP contribution in [0.5, 0.6) is 5.75 Å². The number of aromatic nitrogens is 1. The van der Waals surface area contributed by atoms with E-state index in [1.54, 1.807) is 35.9 Å². The molecule has 0 saturated heterocycles. The highest BCUT2D eigenvalue weighted by Gasteiger charge is 2.14. The molecule has 1 amide bonds. The van der Waals surface area contributed by atoms with Crippen molar-refractivity contribution in [1.82, 2.24) is 4.57 Å². The van der Waals surface area contributed by atoms with Crippen LogP contribution in [0.25, 0.3) is 10.2 Å². The minimum absolute atomic E-state index is 0.0103. The summed E-state index contributed by atoms with van der Waals surface area (Å²) < 4.78 is 12.7. The number of aryl methyl sites for hydroxylation is 2. The average Bonchev–Trinajstić information content (AvgIpc) is 2.99. The number of esters is 1. The number of thiazole rings is 1. The first-order valence-corrected chi connectivity index (χ1v) is 9.15. The maximum absolute atomic E-state index is 12.7. The summed E-state index contributed by atoms with van der Waals surface area (Å²) >= 11 is 1.38. The molecule has 0 N–H and O–H groups in total. The van der Waals surface area contributed by atoms with Crippen molar-refractivity contribution in [1.29, 1.82) is 0 Å². The first-order chi connectivity index (χ1) is 12.9. The third kappa shape index (κ3) is 3.93. The Labute approximate surface area is 160 Å². The number of hydrogen-bond acceptors (Lipinski definition) is 5. The third-order valence-corrected chi connectivity index (χ3v) is 5.37. The van der Waals surface area contributed by atoms with Crippen molar-refractivity contribution in [3.8, 4) is 5.75 Å². The molecule has 1 aromatic heterocycles. The van der Waals surface area contributed by atoms with Crippen molar-refractivity contribution in [2.75, 3.05) is 14.2 Å². The number of hydrogen-bond donors (Lipinski definition) is 0. The van der Waals surface area contributed by atoms with E-state index in [1.807, 2.05) is 19.9 Å². The van der Waals surface area contributed by atoms with E-state index in [0.717, 1.165) is 21.3 Å². The van der Waals surface area contributed by atoms with E-state index in [9.17, 15) is 9.59 Å². The smallest absolute Gasteiger partial charge is 0.325 e. The molecule has 0 unspecified atom stereocenters. The van der Waals surface area contributed by atoms with Gasteiger partial charge >= 0.3 is 5.97 Å². The highest BCUT2D eigenvalue weighted by Crippen LogP contribution is 2.23. The van der Waals surface area contributed by atoms with E-state index in [0.29, 0.717) is 16.1 Å². The molecule has 140 valence electrons. The van der Waals surface area contributed by atoms with Gasteiger partial charge < -0.3 is 14.0 Å². The van der Waals surface area contributed by atoms with Gasteiger partial charge in [-0.1, -0.05) is 23.5 Å². The topological polar surface area (TPSA) is 69.9 Å². The van der Waals surface area contributed by atoms with Crippen LogP contribution >= 0.6 is 11.3 Å². The fourth-order valence-corrected chi connectivity index (χ4v) is 3.93. The van der Waals surface area contributed by atoms with Gasteiger partial charge in [0.05, 0.1) is 24.4 Å². The van der Waals surface area contributed by atoms with Crippen molar-refractivity contribution < 1.29 is 19.1 Å². The van der Waals surface area contributed by atoms with Crippen molar-refractivity contribution in [3.63, 3.8) is 0 Å². The number of methoxy groups -OCH3 is 2. The Balaban J connectivity index is 2.18. The standard InChI is InChI=1S/C20H20N2O4S/c1-12-8-13(2)18-16(9-12)22(11-17(23)26-4)20(27-18)21-19(24)14-6-5-7-15(10-14)25-3/h5-10H,11H2,1-4H3. The molecule has 6 nitrogen and oxygen atoms in total. The average molecular weight is 384 g/mol. The second-order valence-corrected chi connectivity index (χ2v) is 7.10. The molecule has 0 radical (unpaired) electrons. The number of carbonyl (C=O) groups excluding carboxylic acids is 2. The lowest BCUT2D eigenvalue weighted by molar-refractivity contribution is -0.141. The zero-order valence-corrected chi connectivity index (χ0v) is 16.4. The van der Waals surface area contributed by atoms with Gasteiger partial charge in [0, 0.05) is 5.56 Å². The maximum atomic E-state index is 12.7. The molecule has 3 aromatic rings. The zero-order chi connectivity index (χ0) is 19.6. The lowest BCUT2D eigenvalue weighted by atomic mass is 10.1. The second kappa shape index (κ2) is 7.75. The molecule has 3 rings (SSSR count). The molecule has 0 atom stereocenters. The molecule has 0 fully saturated rings. The molecule has 7 heteroatoms. The Kier molecular flexibility index (Phi) is 5.41. The predicted octanol–water partition coefficient (Wildman–Crippen LogP) is 3.24.